The van der Waals surface area contributed by atoms with Gasteiger partial charge in [0.05, 0.1) is 40.1 Å². The molecule has 0 radical (unpaired) electrons. The molecule has 1 N–H and O–H groups in total. The maximum absolute atomic E-state index is 14.2. The van der Waals surface area contributed by atoms with Crippen LogP contribution in [0.1, 0.15) is 134 Å². The molecule has 12 heteroatoms. The van der Waals surface area contributed by atoms with Crippen molar-refractivity contribution in [2.75, 3.05) is 13.2 Å². The second-order valence-electron chi connectivity index (χ2n) is 22.9. The maximum atomic E-state index is 14.2. The molecule has 2 aliphatic heterocycles. The van der Waals surface area contributed by atoms with Crippen molar-refractivity contribution in [1.82, 2.24) is 0 Å². The smallest absolute Gasteiger partial charge is 0.338 e. The Kier molecular flexibility index (Phi) is 15.1. The summed E-state index contributed by atoms with van der Waals surface area (Å²) in [5.74, 6) is -0.0722. The van der Waals surface area contributed by atoms with Gasteiger partial charge in [-0.25, -0.2) is 19.2 Å². The quantitative estimate of drug-likeness (QED) is 0.0685. The van der Waals surface area contributed by atoms with Gasteiger partial charge in [-0.1, -0.05) is 112 Å². The van der Waals surface area contributed by atoms with Crippen LogP contribution in [0.25, 0.3) is 0 Å². The Balaban J connectivity index is 0.941. The lowest BCUT2D eigenvalue weighted by Crippen LogP contribution is -2.63. The molecule has 16 unspecified atom stereocenters. The van der Waals surface area contributed by atoms with Crippen molar-refractivity contribution in [2.45, 2.75) is 141 Å². The molecule has 4 aromatic rings. The second-order valence-corrected chi connectivity index (χ2v) is 22.9. The molecule has 2 saturated heterocycles. The summed E-state index contributed by atoms with van der Waals surface area (Å²) in [5.41, 5.74) is 2.29. The third-order valence-electron chi connectivity index (χ3n) is 18.6. The number of rotatable bonds is 15. The Bertz CT molecular complexity index is 2640. The van der Waals surface area contributed by atoms with Gasteiger partial charge in [0.15, 0.2) is 24.6 Å². The fourth-order valence-electron chi connectivity index (χ4n) is 14.4. The number of esters is 4. The lowest BCUT2D eigenvalue weighted by Gasteiger charge is -2.58. The minimum absolute atomic E-state index is 0.0471. The average molecular weight is 1010 g/mol. The van der Waals surface area contributed by atoms with Crippen LogP contribution in [0, 0.1) is 46.3 Å². The first-order chi connectivity index (χ1) is 35.7. The van der Waals surface area contributed by atoms with E-state index >= 15 is 0 Å². The van der Waals surface area contributed by atoms with Crippen molar-refractivity contribution in [1.29, 1.82) is 0 Å². The molecule has 4 aliphatic carbocycles. The summed E-state index contributed by atoms with van der Waals surface area (Å²) in [7, 11) is 0. The van der Waals surface area contributed by atoms with Gasteiger partial charge >= 0.3 is 23.9 Å². The van der Waals surface area contributed by atoms with E-state index in [1.165, 1.54) is 12.0 Å². The Labute approximate surface area is 435 Å². The number of allylic oxidation sites excluding steroid dienone is 1. The molecule has 0 bridgehead atoms. The van der Waals surface area contributed by atoms with Crippen molar-refractivity contribution in [3.8, 4) is 0 Å². The van der Waals surface area contributed by atoms with E-state index in [2.05, 4.69) is 40.7 Å². The van der Waals surface area contributed by atoms with Gasteiger partial charge in [0.25, 0.3) is 0 Å². The molecule has 5 fully saturated rings. The highest BCUT2D eigenvalue weighted by atomic mass is 16.7. The molecule has 6 aliphatic rings. The summed E-state index contributed by atoms with van der Waals surface area (Å²) in [6.45, 7) is 11.6. The Morgan fingerprint density at radius 3 is 1.80 bits per heavy atom. The minimum Gasteiger partial charge on any atom is -0.459 e. The number of aliphatic hydroxyl groups excluding tert-OH is 1. The van der Waals surface area contributed by atoms with E-state index in [0.29, 0.717) is 48.0 Å². The summed E-state index contributed by atoms with van der Waals surface area (Å²) in [4.78, 5) is 56.1. The third-order valence-corrected chi connectivity index (χ3v) is 18.6. The number of aliphatic hydroxyl groups is 1. The zero-order valence-electron chi connectivity index (χ0n) is 43.3. The highest BCUT2D eigenvalue weighted by molar-refractivity contribution is 5.91. The summed E-state index contributed by atoms with van der Waals surface area (Å²) < 4.78 is 45.9. The molecular weight excluding hydrogens is 937 g/mol. The zero-order chi connectivity index (χ0) is 51.8. The summed E-state index contributed by atoms with van der Waals surface area (Å²) >= 11 is 0. The predicted molar refractivity (Wildman–Crippen MR) is 276 cm³/mol. The van der Waals surface area contributed by atoms with Gasteiger partial charge in [-0.15, -0.1) is 0 Å². The number of hydrogen-bond donors (Lipinski definition) is 1. The molecule has 0 aromatic heterocycles. The van der Waals surface area contributed by atoms with Gasteiger partial charge in [-0.2, -0.15) is 0 Å². The lowest BCUT2D eigenvalue weighted by atomic mass is 9.46. The van der Waals surface area contributed by atoms with Gasteiger partial charge in [0.2, 0.25) is 0 Å². The number of ether oxygens (including phenoxy) is 7. The van der Waals surface area contributed by atoms with E-state index in [9.17, 15) is 24.3 Å². The fourth-order valence-corrected chi connectivity index (χ4v) is 14.4. The molecular formula is C62H72O12. The van der Waals surface area contributed by atoms with E-state index in [-0.39, 0.29) is 51.8 Å². The highest BCUT2D eigenvalue weighted by Gasteiger charge is 2.67. The summed E-state index contributed by atoms with van der Waals surface area (Å²) in [6.07, 6.45) is 3.81. The minimum atomic E-state index is -1.50. The van der Waals surface area contributed by atoms with Crippen LogP contribution >= 0.6 is 0 Å². The van der Waals surface area contributed by atoms with Crippen LogP contribution in [0.15, 0.2) is 133 Å². The Morgan fingerprint density at radius 2 is 1.23 bits per heavy atom. The van der Waals surface area contributed by atoms with Crippen molar-refractivity contribution < 1.29 is 57.4 Å². The molecule has 0 spiro atoms. The van der Waals surface area contributed by atoms with E-state index in [4.69, 9.17) is 33.2 Å². The molecule has 4 aromatic carbocycles. The van der Waals surface area contributed by atoms with Crippen molar-refractivity contribution in [3.05, 3.63) is 155 Å². The third kappa shape index (κ3) is 10.1. The number of carbonyl (C=O) groups excluding carboxylic acids is 4. The normalized spacial score (nSPS) is 35.4. The summed E-state index contributed by atoms with van der Waals surface area (Å²) in [5, 5.41) is 9.78. The van der Waals surface area contributed by atoms with Crippen LogP contribution in [0.2, 0.25) is 0 Å². The van der Waals surface area contributed by atoms with Crippen LogP contribution in [-0.4, -0.2) is 90.7 Å². The largest absolute Gasteiger partial charge is 0.459 e. The van der Waals surface area contributed by atoms with Crippen LogP contribution in [0.3, 0.4) is 0 Å². The van der Waals surface area contributed by atoms with Gasteiger partial charge in [0.1, 0.15) is 12.7 Å². The van der Waals surface area contributed by atoms with Gasteiger partial charge in [0, 0.05) is 6.61 Å². The SMILES string of the molecule is CC(CO)CCC1(C)OC2CC3C4CC=C5CC(OC6OC(COC(=O)c7ccccc7)C(OC(=O)c7ccccc7)C(OC(=O)c7ccccc7)C6OC(=O)c6ccccc6)CCC5(C)C4CCC3(C)C2C1C. The van der Waals surface area contributed by atoms with Crippen LogP contribution in [0.5, 0.6) is 0 Å². The van der Waals surface area contributed by atoms with E-state index < -0.39 is 67.3 Å². The van der Waals surface area contributed by atoms with Gasteiger partial charge in [-0.3, -0.25) is 0 Å². The van der Waals surface area contributed by atoms with Gasteiger partial charge < -0.3 is 38.3 Å². The number of hydrogen-bond acceptors (Lipinski definition) is 12. The topological polar surface area (TPSA) is 153 Å². The van der Waals surface area contributed by atoms with Crippen molar-refractivity contribution in [2.24, 2.45) is 46.3 Å². The lowest BCUT2D eigenvalue weighted by molar-refractivity contribution is -0.310. The average Bonchev–Trinajstić information content (AvgIpc) is 3.87. The van der Waals surface area contributed by atoms with Crippen LogP contribution in [-0.2, 0) is 33.2 Å². The first-order valence-corrected chi connectivity index (χ1v) is 27.0. The molecule has 12 nitrogen and oxygen atoms in total. The van der Waals surface area contributed by atoms with Crippen molar-refractivity contribution >= 4 is 23.9 Å². The zero-order valence-corrected chi connectivity index (χ0v) is 43.3. The molecule has 0 amide bonds. The van der Waals surface area contributed by atoms with Crippen molar-refractivity contribution in [3.63, 3.8) is 0 Å². The molecule has 3 saturated carbocycles. The van der Waals surface area contributed by atoms with E-state index in [1.807, 2.05) is 0 Å². The number of fused-ring (bicyclic) bond motifs is 7. The van der Waals surface area contributed by atoms with E-state index in [0.717, 1.165) is 38.5 Å². The summed E-state index contributed by atoms with van der Waals surface area (Å²) in [6, 6.07) is 33.7. The second kappa shape index (κ2) is 21.5. The molecule has 10 rings (SSSR count). The fraction of sp³-hybridized carbons (Fsp3) is 0.516. The van der Waals surface area contributed by atoms with Crippen LogP contribution < -0.4 is 0 Å². The first-order valence-electron chi connectivity index (χ1n) is 27.0. The molecule has 16 atom stereocenters. The Hall–Kier alpha value is -5.66. The maximum Gasteiger partial charge on any atom is 0.338 e. The number of benzene rings is 4. The molecule has 392 valence electrons. The molecule has 2 heterocycles. The van der Waals surface area contributed by atoms with E-state index in [1.54, 1.807) is 121 Å². The monoisotopic (exact) mass is 1010 g/mol. The Morgan fingerprint density at radius 1 is 0.689 bits per heavy atom. The standard InChI is InChI=1S/C62H72O12/c1-38(36-63)28-33-62(5)39(2)51-49(74-62)35-48-46-27-26-44-34-45(29-31-60(44,3)47(46)30-32-61(48,51)4)69-59-54(73-58(67)43-24-16-9-17-25-43)53(72-57(66)42-22-14-8-15-23-42)52(71-56(65)41-20-12-7-13-21-41)50(70-59)37-68-55(64)40-18-10-6-11-19-40/h6-26,38-39,45-54,59,63H,27-37H2,1-5H3. The van der Waals surface area contributed by atoms with Gasteiger partial charge in [-0.05, 0) is 160 Å². The molecule has 74 heavy (non-hydrogen) atoms. The predicted octanol–water partition coefficient (Wildman–Crippen LogP) is 11.0. The highest BCUT2D eigenvalue weighted by Crippen LogP contribution is 2.70. The number of carbonyl (C=O) groups is 4. The first kappa shape index (κ1) is 51.8. The van der Waals surface area contributed by atoms with Crippen LogP contribution in [0.4, 0.5) is 0 Å².